The lowest BCUT2D eigenvalue weighted by atomic mass is 10.3. The second-order valence-electron chi connectivity index (χ2n) is 5.55. The summed E-state index contributed by atoms with van der Waals surface area (Å²) in [6.07, 6.45) is 1.73. The van der Waals surface area contributed by atoms with E-state index < -0.39 is 10.3 Å². The van der Waals surface area contributed by atoms with Gasteiger partial charge in [-0.2, -0.15) is 0 Å². The van der Waals surface area contributed by atoms with Gasteiger partial charge in [-0.1, -0.05) is 46.3 Å². The normalized spacial score (nSPS) is 15.8. The molecule has 1 N–H and O–H groups in total. The van der Waals surface area contributed by atoms with Crippen LogP contribution in [0.25, 0.3) is 16.3 Å². The SMILES string of the molecule is CN1C(=Cc2sc3ccc(Cl)cc3[n+]2S(=O)(=O)O)Sc2ccc(Cl)cc21. The fourth-order valence-electron chi connectivity index (χ4n) is 2.71. The summed E-state index contributed by atoms with van der Waals surface area (Å²) >= 11 is 14.8. The zero-order valence-electron chi connectivity index (χ0n) is 13.2. The quantitative estimate of drug-likeness (QED) is 0.457. The van der Waals surface area contributed by atoms with Gasteiger partial charge in [0, 0.05) is 28.1 Å². The smallest absolute Gasteiger partial charge is 0.338 e. The molecule has 0 saturated heterocycles. The molecule has 0 spiro atoms. The monoisotopic (exact) mass is 445 g/mol. The minimum Gasteiger partial charge on any atom is -0.338 e. The van der Waals surface area contributed by atoms with Crippen molar-refractivity contribution < 1.29 is 16.9 Å². The Bertz CT molecular complexity index is 1190. The molecule has 26 heavy (non-hydrogen) atoms. The highest BCUT2D eigenvalue weighted by Crippen LogP contribution is 2.46. The number of hydrogen-bond acceptors (Lipinski definition) is 5. The lowest BCUT2D eigenvalue weighted by molar-refractivity contribution is -0.486. The van der Waals surface area contributed by atoms with Crippen LogP contribution in [0.15, 0.2) is 46.3 Å². The Hall–Kier alpha value is -1.29. The van der Waals surface area contributed by atoms with Crippen LogP contribution in [0.3, 0.4) is 0 Å². The first-order chi connectivity index (χ1) is 12.2. The molecule has 4 rings (SSSR count). The van der Waals surface area contributed by atoms with E-state index in [1.54, 1.807) is 18.2 Å². The fourth-order valence-corrected chi connectivity index (χ4v) is 6.28. The minimum absolute atomic E-state index is 0.336. The summed E-state index contributed by atoms with van der Waals surface area (Å²) in [5.41, 5.74) is 1.28. The molecule has 134 valence electrons. The molecule has 1 aliphatic heterocycles. The maximum atomic E-state index is 12.0. The molecular weight excluding hydrogens is 435 g/mol. The number of anilines is 1. The van der Waals surface area contributed by atoms with Crippen molar-refractivity contribution in [3.63, 3.8) is 0 Å². The minimum atomic E-state index is -4.49. The Balaban J connectivity index is 1.90. The molecule has 5 nitrogen and oxygen atoms in total. The van der Waals surface area contributed by atoms with Crippen molar-refractivity contribution in [2.45, 2.75) is 4.90 Å². The number of hydrogen-bond donors (Lipinski definition) is 1. The van der Waals surface area contributed by atoms with E-state index in [-0.39, 0.29) is 0 Å². The maximum Gasteiger partial charge on any atom is 0.513 e. The van der Waals surface area contributed by atoms with Crippen LogP contribution in [0.1, 0.15) is 5.01 Å². The number of thiazole rings is 1. The maximum absolute atomic E-state index is 12.0. The molecule has 0 fully saturated rings. The number of rotatable bonds is 2. The third-order valence-electron chi connectivity index (χ3n) is 3.86. The molecule has 0 saturated carbocycles. The molecule has 2 aromatic carbocycles. The van der Waals surface area contributed by atoms with Crippen LogP contribution < -0.4 is 8.87 Å². The summed E-state index contributed by atoms with van der Waals surface area (Å²) in [6.45, 7) is 0. The van der Waals surface area contributed by atoms with Gasteiger partial charge in [0.2, 0.25) is 5.52 Å². The molecule has 0 bridgehead atoms. The van der Waals surface area contributed by atoms with E-state index in [9.17, 15) is 13.0 Å². The summed E-state index contributed by atoms with van der Waals surface area (Å²) in [6, 6.07) is 10.5. The van der Waals surface area contributed by atoms with Gasteiger partial charge in [0.15, 0.2) is 0 Å². The van der Waals surface area contributed by atoms with E-state index >= 15 is 0 Å². The van der Waals surface area contributed by atoms with E-state index in [1.165, 1.54) is 29.2 Å². The van der Waals surface area contributed by atoms with Crippen LogP contribution in [-0.4, -0.2) is 20.0 Å². The number of nitrogens with zero attached hydrogens (tertiary/aromatic N) is 2. The topological polar surface area (TPSA) is 61.5 Å². The van der Waals surface area contributed by atoms with Gasteiger partial charge in [-0.3, -0.25) is 0 Å². The second-order valence-corrected chi connectivity index (χ2v) is 9.81. The zero-order valence-corrected chi connectivity index (χ0v) is 17.1. The molecule has 0 radical (unpaired) electrons. The molecular formula is C16H11Cl2N2O3S3+. The fraction of sp³-hybridized carbons (Fsp3) is 0.0625. The van der Waals surface area contributed by atoms with Crippen LogP contribution in [0.5, 0.6) is 0 Å². The highest BCUT2D eigenvalue weighted by molar-refractivity contribution is 8.03. The average Bonchev–Trinajstić information content (AvgIpc) is 3.05. The van der Waals surface area contributed by atoms with Gasteiger partial charge in [0.05, 0.1) is 16.8 Å². The largest absolute Gasteiger partial charge is 0.513 e. The summed E-state index contributed by atoms with van der Waals surface area (Å²) < 4.78 is 35.3. The summed E-state index contributed by atoms with van der Waals surface area (Å²) in [7, 11) is -2.61. The summed E-state index contributed by atoms with van der Waals surface area (Å²) in [5, 5.41) is 2.21. The molecule has 10 heteroatoms. The lowest BCUT2D eigenvalue weighted by Gasteiger charge is -2.12. The Kier molecular flexibility index (Phi) is 4.45. The number of halogens is 2. The molecule has 0 atom stereocenters. The number of fused-ring (bicyclic) bond motifs is 2. The number of benzene rings is 2. The lowest BCUT2D eigenvalue weighted by Crippen LogP contribution is -2.43. The first-order valence-corrected chi connectivity index (χ1v) is 11.1. The van der Waals surface area contributed by atoms with E-state index in [2.05, 4.69) is 0 Å². The number of aromatic nitrogens is 1. The first-order valence-electron chi connectivity index (χ1n) is 7.29. The highest BCUT2D eigenvalue weighted by atomic mass is 35.5. The van der Waals surface area contributed by atoms with Crippen molar-refractivity contribution in [1.29, 1.82) is 0 Å². The zero-order chi connectivity index (χ0) is 18.6. The molecule has 1 aliphatic rings. The van der Waals surface area contributed by atoms with Crippen LogP contribution in [-0.2, 0) is 10.3 Å². The molecule has 0 unspecified atom stereocenters. The van der Waals surface area contributed by atoms with Gasteiger partial charge in [-0.25, -0.2) is 4.55 Å². The van der Waals surface area contributed by atoms with E-state index in [1.807, 2.05) is 30.1 Å². The van der Waals surface area contributed by atoms with E-state index in [4.69, 9.17) is 23.2 Å². The standard InChI is InChI=1S/C16H10Cl2N2O3S3/c1-19-11-6-9(17)2-4-13(11)24-15(19)8-16-20(26(21,22)23)12-7-10(18)3-5-14(12)25-16/h2-8H,1H3/p+1. The van der Waals surface area contributed by atoms with Crippen molar-refractivity contribution in [3.05, 3.63) is 56.5 Å². The van der Waals surface area contributed by atoms with Crippen molar-refractivity contribution >= 4 is 78.6 Å². The molecule has 2 heterocycles. The van der Waals surface area contributed by atoms with Crippen LogP contribution >= 0.6 is 46.3 Å². The molecule has 0 amide bonds. The Morgan fingerprint density at radius 1 is 1.15 bits per heavy atom. The van der Waals surface area contributed by atoms with Crippen LogP contribution in [0.2, 0.25) is 10.0 Å². The van der Waals surface area contributed by atoms with Crippen LogP contribution in [0.4, 0.5) is 5.69 Å². The van der Waals surface area contributed by atoms with Gasteiger partial charge in [0.25, 0.3) is 5.01 Å². The summed E-state index contributed by atoms with van der Waals surface area (Å²) in [4.78, 5) is 2.95. The molecule has 0 aliphatic carbocycles. The third kappa shape index (κ3) is 3.11. The van der Waals surface area contributed by atoms with Gasteiger partial charge in [-0.15, -0.1) is 8.42 Å². The average molecular weight is 446 g/mol. The number of thioether (sulfide) groups is 1. The predicted octanol–water partition coefficient (Wildman–Crippen LogP) is 4.69. The van der Waals surface area contributed by atoms with Crippen LogP contribution in [0, 0.1) is 0 Å². The molecule has 1 aromatic heterocycles. The second kappa shape index (κ2) is 6.40. The Morgan fingerprint density at radius 3 is 2.58 bits per heavy atom. The van der Waals surface area contributed by atoms with Crippen molar-refractivity contribution in [3.8, 4) is 0 Å². The predicted molar refractivity (Wildman–Crippen MR) is 108 cm³/mol. The first kappa shape index (κ1) is 18.1. The van der Waals surface area contributed by atoms with Crippen molar-refractivity contribution in [2.75, 3.05) is 11.9 Å². The van der Waals surface area contributed by atoms with E-state index in [0.717, 1.165) is 19.6 Å². The highest BCUT2D eigenvalue weighted by Gasteiger charge is 2.32. The third-order valence-corrected chi connectivity index (χ3v) is 7.54. The van der Waals surface area contributed by atoms with Crippen molar-refractivity contribution in [2.24, 2.45) is 0 Å². The van der Waals surface area contributed by atoms with Crippen molar-refractivity contribution in [1.82, 2.24) is 0 Å². The van der Waals surface area contributed by atoms with Gasteiger partial charge >= 0.3 is 10.3 Å². The Labute approximate surface area is 168 Å². The summed E-state index contributed by atoms with van der Waals surface area (Å²) in [5.74, 6) is 0. The van der Waals surface area contributed by atoms with Gasteiger partial charge in [0.1, 0.15) is 4.70 Å². The van der Waals surface area contributed by atoms with E-state index in [0.29, 0.717) is 25.3 Å². The molecule has 3 aromatic rings. The van der Waals surface area contributed by atoms with Gasteiger partial charge < -0.3 is 4.90 Å². The van der Waals surface area contributed by atoms with Gasteiger partial charge in [-0.05, 0) is 34.3 Å². The Morgan fingerprint density at radius 2 is 1.85 bits per heavy atom.